The topological polar surface area (TPSA) is 38.9 Å². The van der Waals surface area contributed by atoms with Crippen molar-refractivity contribution >= 4 is 15.9 Å². The van der Waals surface area contributed by atoms with Crippen LogP contribution in [0.4, 0.5) is 0 Å². The third-order valence-electron chi connectivity index (χ3n) is 3.05. The second-order valence-electron chi connectivity index (χ2n) is 4.22. The number of aromatic nitrogens is 1. The van der Waals surface area contributed by atoms with Crippen molar-refractivity contribution in [2.75, 3.05) is 0 Å². The molecule has 1 aliphatic rings. The summed E-state index contributed by atoms with van der Waals surface area (Å²) in [6.07, 6.45) is 3.65. The Morgan fingerprint density at radius 3 is 2.62 bits per heavy atom. The largest absolute Gasteiger partial charge is 0.327 e. The molecule has 2 unspecified atom stereocenters. The molecule has 1 aromatic rings. The fourth-order valence-electron chi connectivity index (χ4n) is 1.91. The van der Waals surface area contributed by atoms with Gasteiger partial charge in [0.2, 0.25) is 0 Å². The molecular weight excluding hydrogens is 228 g/mol. The molecule has 1 fully saturated rings. The first-order valence-corrected chi connectivity index (χ1v) is 5.19. The van der Waals surface area contributed by atoms with Crippen LogP contribution in [0.1, 0.15) is 25.3 Å². The zero-order chi connectivity index (χ0) is 9.64. The third kappa shape index (κ3) is 1.30. The van der Waals surface area contributed by atoms with Crippen molar-refractivity contribution in [1.82, 2.24) is 4.98 Å². The molecule has 0 radical (unpaired) electrons. The van der Waals surface area contributed by atoms with Gasteiger partial charge in [0.15, 0.2) is 0 Å². The Morgan fingerprint density at radius 1 is 1.54 bits per heavy atom. The van der Waals surface area contributed by atoms with Crippen LogP contribution in [-0.4, -0.2) is 11.0 Å². The first kappa shape index (κ1) is 9.16. The van der Waals surface area contributed by atoms with E-state index in [0.29, 0.717) is 5.92 Å². The molecule has 3 heteroatoms. The average molecular weight is 241 g/mol. The van der Waals surface area contributed by atoms with Crippen LogP contribution in [-0.2, 0) is 0 Å². The number of halogens is 1. The van der Waals surface area contributed by atoms with Crippen molar-refractivity contribution in [3.63, 3.8) is 0 Å². The highest BCUT2D eigenvalue weighted by Crippen LogP contribution is 2.58. The van der Waals surface area contributed by atoms with Gasteiger partial charge in [-0.2, -0.15) is 0 Å². The molecule has 0 bridgehead atoms. The molecule has 13 heavy (non-hydrogen) atoms. The van der Waals surface area contributed by atoms with Gasteiger partial charge in [0, 0.05) is 28.8 Å². The van der Waals surface area contributed by atoms with E-state index < -0.39 is 0 Å². The number of rotatable bonds is 1. The van der Waals surface area contributed by atoms with Crippen molar-refractivity contribution in [2.24, 2.45) is 11.1 Å². The van der Waals surface area contributed by atoms with Gasteiger partial charge in [0.1, 0.15) is 0 Å². The van der Waals surface area contributed by atoms with Gasteiger partial charge in [0.25, 0.3) is 0 Å². The lowest BCUT2D eigenvalue weighted by atomic mass is 10.0. The van der Waals surface area contributed by atoms with Gasteiger partial charge in [-0.1, -0.05) is 13.8 Å². The Hall–Kier alpha value is -0.410. The summed E-state index contributed by atoms with van der Waals surface area (Å²) in [6, 6.07) is 2.33. The predicted molar refractivity (Wildman–Crippen MR) is 56.4 cm³/mol. The molecule has 0 saturated heterocycles. The summed E-state index contributed by atoms with van der Waals surface area (Å²) in [6.45, 7) is 4.41. The van der Waals surface area contributed by atoms with E-state index in [0.717, 1.165) is 4.47 Å². The molecule has 2 atom stereocenters. The molecule has 2 N–H and O–H groups in total. The smallest absolute Gasteiger partial charge is 0.0413 e. The minimum absolute atomic E-state index is 0.240. The number of pyridine rings is 1. The zero-order valence-corrected chi connectivity index (χ0v) is 9.38. The van der Waals surface area contributed by atoms with E-state index in [1.54, 1.807) is 0 Å². The number of hydrogen-bond acceptors (Lipinski definition) is 2. The number of hydrogen-bond donors (Lipinski definition) is 1. The van der Waals surface area contributed by atoms with Crippen molar-refractivity contribution in [3.05, 3.63) is 28.5 Å². The van der Waals surface area contributed by atoms with E-state index in [1.165, 1.54) is 5.56 Å². The molecular formula is C10H13BrN2. The van der Waals surface area contributed by atoms with E-state index in [9.17, 15) is 0 Å². The summed E-state index contributed by atoms with van der Waals surface area (Å²) in [5.41, 5.74) is 7.53. The van der Waals surface area contributed by atoms with Crippen LogP contribution in [0, 0.1) is 5.41 Å². The van der Waals surface area contributed by atoms with Gasteiger partial charge < -0.3 is 5.73 Å². The van der Waals surface area contributed by atoms with Crippen LogP contribution in [0.3, 0.4) is 0 Å². The van der Waals surface area contributed by atoms with Crippen molar-refractivity contribution in [3.8, 4) is 0 Å². The second kappa shape index (κ2) is 2.79. The molecule has 70 valence electrons. The van der Waals surface area contributed by atoms with Gasteiger partial charge in [-0.25, -0.2) is 0 Å². The van der Waals surface area contributed by atoms with Crippen LogP contribution in [0.25, 0.3) is 0 Å². The minimum Gasteiger partial charge on any atom is -0.327 e. The molecule has 0 spiro atoms. The normalized spacial score (nSPS) is 30.2. The minimum atomic E-state index is 0.240. The summed E-state index contributed by atoms with van der Waals surface area (Å²) in [5, 5.41) is 0. The van der Waals surface area contributed by atoms with Gasteiger partial charge in [-0.3, -0.25) is 4.98 Å². The maximum absolute atomic E-state index is 6.00. The van der Waals surface area contributed by atoms with Crippen LogP contribution in [0.2, 0.25) is 0 Å². The molecule has 0 aromatic carbocycles. The van der Waals surface area contributed by atoms with Crippen LogP contribution in [0.5, 0.6) is 0 Å². The van der Waals surface area contributed by atoms with Gasteiger partial charge in [-0.15, -0.1) is 0 Å². The third-order valence-corrected chi connectivity index (χ3v) is 3.71. The Bertz CT molecular complexity index is 335. The van der Waals surface area contributed by atoms with Gasteiger partial charge in [0.05, 0.1) is 0 Å². The molecule has 1 heterocycles. The van der Waals surface area contributed by atoms with Gasteiger partial charge >= 0.3 is 0 Å². The van der Waals surface area contributed by atoms with Crippen molar-refractivity contribution in [1.29, 1.82) is 0 Å². The van der Waals surface area contributed by atoms with E-state index >= 15 is 0 Å². The van der Waals surface area contributed by atoms with E-state index in [-0.39, 0.29) is 11.5 Å². The molecule has 1 aliphatic carbocycles. The van der Waals surface area contributed by atoms with Crippen LogP contribution in [0.15, 0.2) is 22.9 Å². The molecule has 0 aliphatic heterocycles. The monoisotopic (exact) mass is 240 g/mol. The fourth-order valence-corrected chi connectivity index (χ4v) is 2.41. The summed E-state index contributed by atoms with van der Waals surface area (Å²) in [7, 11) is 0. The highest BCUT2D eigenvalue weighted by Gasteiger charge is 2.56. The Kier molecular flexibility index (Phi) is 1.96. The van der Waals surface area contributed by atoms with E-state index in [4.69, 9.17) is 5.73 Å². The Balaban J connectivity index is 2.34. The summed E-state index contributed by atoms with van der Waals surface area (Å²) >= 11 is 3.50. The molecule has 2 nitrogen and oxygen atoms in total. The molecule has 1 saturated carbocycles. The Labute approximate surface area is 86.7 Å². The lowest BCUT2D eigenvalue weighted by molar-refractivity contribution is 0.598. The lowest BCUT2D eigenvalue weighted by Crippen LogP contribution is -2.06. The standard InChI is InChI=1S/C10H13BrN2/c1-10(2)8(9(10)12)6-3-4-13-5-7(6)11/h3-5,8-9H,12H2,1-2H3. The van der Waals surface area contributed by atoms with Crippen LogP contribution < -0.4 is 5.73 Å². The summed E-state index contributed by atoms with van der Waals surface area (Å²) < 4.78 is 1.07. The van der Waals surface area contributed by atoms with Gasteiger partial charge in [-0.05, 0) is 33.0 Å². The average Bonchev–Trinajstić information content (AvgIpc) is 2.54. The SMILES string of the molecule is CC1(C)C(N)C1c1ccncc1Br. The van der Waals surface area contributed by atoms with Crippen LogP contribution >= 0.6 is 15.9 Å². The first-order chi connectivity index (χ1) is 6.05. The molecule has 1 aromatic heterocycles. The number of nitrogens with two attached hydrogens (primary N) is 1. The highest BCUT2D eigenvalue weighted by atomic mass is 79.9. The summed E-state index contributed by atoms with van der Waals surface area (Å²) in [4.78, 5) is 4.04. The summed E-state index contributed by atoms with van der Waals surface area (Å²) in [5.74, 6) is 0.477. The fraction of sp³-hybridized carbons (Fsp3) is 0.500. The maximum atomic E-state index is 6.00. The predicted octanol–water partition coefficient (Wildman–Crippen LogP) is 2.29. The highest BCUT2D eigenvalue weighted by molar-refractivity contribution is 9.10. The van der Waals surface area contributed by atoms with E-state index in [1.807, 2.05) is 18.5 Å². The molecule has 2 rings (SSSR count). The van der Waals surface area contributed by atoms with E-state index in [2.05, 4.69) is 34.8 Å². The molecule has 0 amide bonds. The Morgan fingerprint density at radius 2 is 2.15 bits per heavy atom. The zero-order valence-electron chi connectivity index (χ0n) is 7.79. The maximum Gasteiger partial charge on any atom is 0.0413 e. The van der Waals surface area contributed by atoms with Crippen molar-refractivity contribution in [2.45, 2.75) is 25.8 Å². The van der Waals surface area contributed by atoms with Crippen molar-refractivity contribution < 1.29 is 0 Å². The quantitative estimate of drug-likeness (QED) is 0.819. The number of nitrogens with zero attached hydrogens (tertiary/aromatic N) is 1. The lowest BCUT2D eigenvalue weighted by Gasteiger charge is -2.04. The first-order valence-electron chi connectivity index (χ1n) is 4.40. The second-order valence-corrected chi connectivity index (χ2v) is 5.08.